The molecule has 216 valence electrons. The number of carboxylic acids is 2. The highest BCUT2D eigenvalue weighted by molar-refractivity contribution is 6.40. The minimum atomic E-state index is -0.890. The van der Waals surface area contributed by atoms with Gasteiger partial charge in [-0.1, -0.05) is 44.0 Å². The quantitative estimate of drug-likeness (QED) is 0.222. The van der Waals surface area contributed by atoms with Gasteiger partial charge in [-0.25, -0.2) is 0 Å². The van der Waals surface area contributed by atoms with Gasteiger partial charge >= 0.3 is 11.9 Å². The van der Waals surface area contributed by atoms with Crippen molar-refractivity contribution in [3.63, 3.8) is 0 Å². The highest BCUT2D eigenvalue weighted by Gasteiger charge is 2.30. The molecule has 8 nitrogen and oxygen atoms in total. The summed E-state index contributed by atoms with van der Waals surface area (Å²) >= 11 is 0. The summed E-state index contributed by atoms with van der Waals surface area (Å²) in [6.45, 7) is 4.92. The molecule has 2 aliphatic rings. The topological polar surface area (TPSA) is 143 Å². The summed E-state index contributed by atoms with van der Waals surface area (Å²) in [4.78, 5) is 74.5. The van der Waals surface area contributed by atoms with E-state index in [1.165, 1.54) is 24.3 Å². The fourth-order valence-corrected chi connectivity index (χ4v) is 4.92. The van der Waals surface area contributed by atoms with Crippen LogP contribution < -0.4 is 0 Å². The molecule has 0 saturated heterocycles. The normalized spacial score (nSPS) is 16.6. The van der Waals surface area contributed by atoms with E-state index in [1.54, 1.807) is 45.0 Å². The number of rotatable bonds is 14. The summed E-state index contributed by atoms with van der Waals surface area (Å²) in [7, 11) is 0. The van der Waals surface area contributed by atoms with Crippen molar-refractivity contribution in [1.29, 1.82) is 0 Å². The average molecular weight is 561 g/mol. The number of hydrogen-bond donors (Lipinski definition) is 2. The Morgan fingerprint density at radius 2 is 1.20 bits per heavy atom. The molecule has 2 N–H and O–H groups in total. The van der Waals surface area contributed by atoms with Crippen LogP contribution in [0.15, 0.2) is 59.7 Å². The molecule has 0 bridgehead atoms. The van der Waals surface area contributed by atoms with Crippen LogP contribution in [0, 0.1) is 11.3 Å². The standard InChI is InChI=1S/C33H36O8/c1-20(31(38)39)10-4-5-11-21-16-23(34)18-27(29(21)36)25-13-6-7-14-26(25)28-19-24(35)17-22(30(28)37)12-8-9-15-33(2,3)32(40)41/h6-7,13-14,16-20H,4-5,8-12,15H2,1-3H3,(H,38,39)(H,40,41). The van der Waals surface area contributed by atoms with Gasteiger partial charge in [0.15, 0.2) is 23.1 Å². The predicted octanol–water partition coefficient (Wildman–Crippen LogP) is 5.56. The lowest BCUT2D eigenvalue weighted by molar-refractivity contribution is -0.147. The molecule has 1 atom stereocenters. The number of allylic oxidation sites excluding steroid dienone is 8. The molecule has 3 rings (SSSR count). The third-order valence-electron chi connectivity index (χ3n) is 7.62. The van der Waals surface area contributed by atoms with Crippen LogP contribution in [0.25, 0.3) is 11.1 Å². The van der Waals surface area contributed by atoms with E-state index in [0.29, 0.717) is 73.6 Å². The molecule has 2 aliphatic carbocycles. The molecular weight excluding hydrogens is 524 g/mol. The molecule has 0 heterocycles. The monoisotopic (exact) mass is 560 g/mol. The number of aliphatic carboxylic acids is 2. The Morgan fingerprint density at radius 3 is 1.63 bits per heavy atom. The molecule has 0 fully saturated rings. The summed E-state index contributed by atoms with van der Waals surface area (Å²) in [5.41, 5.74) is 0.832. The molecule has 0 aromatic heterocycles. The Labute approximate surface area is 239 Å². The van der Waals surface area contributed by atoms with Crippen LogP contribution in [-0.2, 0) is 28.8 Å². The molecule has 1 aromatic rings. The van der Waals surface area contributed by atoms with Crippen molar-refractivity contribution >= 4 is 46.2 Å². The zero-order valence-electron chi connectivity index (χ0n) is 23.7. The smallest absolute Gasteiger partial charge is 0.309 e. The minimum Gasteiger partial charge on any atom is -0.481 e. The van der Waals surface area contributed by atoms with E-state index >= 15 is 0 Å². The van der Waals surface area contributed by atoms with E-state index in [-0.39, 0.29) is 34.3 Å². The summed E-state index contributed by atoms with van der Waals surface area (Å²) in [6.07, 6.45) is 8.87. The number of carbonyl (C=O) groups excluding carboxylic acids is 4. The number of Topliss-reactive ketones (excluding diaryl/α,β-unsaturated/α-hetero) is 2. The zero-order valence-corrected chi connectivity index (χ0v) is 23.7. The number of carbonyl (C=O) groups is 6. The van der Waals surface area contributed by atoms with Gasteiger partial charge in [0.1, 0.15) is 0 Å². The van der Waals surface area contributed by atoms with Crippen LogP contribution in [0.5, 0.6) is 0 Å². The Bertz CT molecular complexity index is 1400. The van der Waals surface area contributed by atoms with E-state index in [9.17, 15) is 33.9 Å². The first kappa shape index (κ1) is 31.3. The first-order chi connectivity index (χ1) is 19.3. The molecule has 0 saturated carbocycles. The summed E-state index contributed by atoms with van der Waals surface area (Å²) in [6, 6.07) is 6.68. The van der Waals surface area contributed by atoms with Crippen LogP contribution in [0.2, 0.25) is 0 Å². The first-order valence-electron chi connectivity index (χ1n) is 13.9. The Hall–Kier alpha value is -4.20. The Kier molecular flexibility index (Phi) is 10.3. The lowest BCUT2D eigenvalue weighted by Gasteiger charge is -2.21. The number of unbranched alkanes of at least 4 members (excludes halogenated alkanes) is 2. The van der Waals surface area contributed by atoms with Crippen molar-refractivity contribution in [3.8, 4) is 0 Å². The maximum atomic E-state index is 13.5. The lowest BCUT2D eigenvalue weighted by Crippen LogP contribution is -2.23. The molecule has 41 heavy (non-hydrogen) atoms. The molecular formula is C33H36O8. The van der Waals surface area contributed by atoms with Crippen molar-refractivity contribution in [2.45, 2.75) is 72.1 Å². The molecule has 0 aliphatic heterocycles. The van der Waals surface area contributed by atoms with Crippen LogP contribution in [-0.4, -0.2) is 45.3 Å². The number of ketones is 4. The maximum Gasteiger partial charge on any atom is 0.309 e. The fourth-order valence-electron chi connectivity index (χ4n) is 4.92. The molecule has 0 radical (unpaired) electrons. The van der Waals surface area contributed by atoms with Crippen molar-refractivity contribution < 1.29 is 39.0 Å². The number of benzene rings is 1. The van der Waals surface area contributed by atoms with Gasteiger partial charge in [0.2, 0.25) is 0 Å². The first-order valence-corrected chi connectivity index (χ1v) is 13.9. The molecule has 1 unspecified atom stereocenters. The van der Waals surface area contributed by atoms with Crippen molar-refractivity contribution in [2.24, 2.45) is 11.3 Å². The molecule has 1 aromatic carbocycles. The van der Waals surface area contributed by atoms with Crippen molar-refractivity contribution in [2.75, 3.05) is 0 Å². The average Bonchev–Trinajstić information content (AvgIpc) is 2.92. The Morgan fingerprint density at radius 1 is 0.732 bits per heavy atom. The maximum absolute atomic E-state index is 13.5. The van der Waals surface area contributed by atoms with Gasteiger partial charge in [-0.3, -0.25) is 28.8 Å². The number of hydrogen-bond acceptors (Lipinski definition) is 6. The molecule has 0 spiro atoms. The van der Waals surface area contributed by atoms with E-state index in [4.69, 9.17) is 5.11 Å². The predicted molar refractivity (Wildman–Crippen MR) is 154 cm³/mol. The zero-order chi connectivity index (χ0) is 30.3. The van der Waals surface area contributed by atoms with Gasteiger partial charge in [-0.2, -0.15) is 0 Å². The van der Waals surface area contributed by atoms with Crippen molar-refractivity contribution in [3.05, 3.63) is 70.8 Å². The van der Waals surface area contributed by atoms with Gasteiger partial charge in [-0.15, -0.1) is 0 Å². The summed E-state index contributed by atoms with van der Waals surface area (Å²) in [5, 5.41) is 18.4. The van der Waals surface area contributed by atoms with Gasteiger partial charge in [-0.05, 0) is 87.8 Å². The second kappa shape index (κ2) is 13.4. The van der Waals surface area contributed by atoms with Crippen LogP contribution >= 0.6 is 0 Å². The highest BCUT2D eigenvalue weighted by Crippen LogP contribution is 2.35. The second-order valence-corrected chi connectivity index (χ2v) is 11.3. The number of carboxylic acid groups (broad SMARTS) is 2. The van der Waals surface area contributed by atoms with Gasteiger partial charge < -0.3 is 10.2 Å². The highest BCUT2D eigenvalue weighted by atomic mass is 16.4. The third-order valence-corrected chi connectivity index (χ3v) is 7.62. The molecule has 8 heteroatoms. The fraction of sp³-hybridized carbons (Fsp3) is 0.394. The van der Waals surface area contributed by atoms with Crippen LogP contribution in [0.4, 0.5) is 0 Å². The van der Waals surface area contributed by atoms with E-state index in [0.717, 1.165) is 0 Å². The van der Waals surface area contributed by atoms with Crippen LogP contribution in [0.3, 0.4) is 0 Å². The SMILES string of the molecule is CC(CCCCC1=CC(=O)C=C(c2ccccc2C2=CC(=O)C=C(CCCCC(C)(C)C(=O)O)C2=O)C1=O)C(=O)O. The lowest BCUT2D eigenvalue weighted by atomic mass is 9.81. The minimum absolute atomic E-state index is 0.147. The summed E-state index contributed by atoms with van der Waals surface area (Å²) < 4.78 is 0. The van der Waals surface area contributed by atoms with Gasteiger partial charge in [0, 0.05) is 22.3 Å². The van der Waals surface area contributed by atoms with E-state index < -0.39 is 23.3 Å². The molecule has 0 amide bonds. The van der Waals surface area contributed by atoms with Gasteiger partial charge in [0.05, 0.1) is 11.3 Å². The Balaban J connectivity index is 1.76. The van der Waals surface area contributed by atoms with E-state index in [1.807, 2.05) is 0 Å². The summed E-state index contributed by atoms with van der Waals surface area (Å²) in [5.74, 6) is -3.64. The third kappa shape index (κ3) is 7.93. The largest absolute Gasteiger partial charge is 0.481 e. The van der Waals surface area contributed by atoms with Crippen molar-refractivity contribution in [1.82, 2.24) is 0 Å². The van der Waals surface area contributed by atoms with Gasteiger partial charge in [0.25, 0.3) is 0 Å². The van der Waals surface area contributed by atoms with E-state index in [2.05, 4.69) is 0 Å². The van der Waals surface area contributed by atoms with Crippen LogP contribution in [0.1, 0.15) is 83.3 Å². The second-order valence-electron chi connectivity index (χ2n) is 11.3.